The van der Waals surface area contributed by atoms with E-state index in [1.807, 2.05) is 94.9 Å². The smallest absolute Gasteiger partial charge is 0.254 e. The first kappa shape index (κ1) is 23.9. The van der Waals surface area contributed by atoms with Gasteiger partial charge in [-0.3, -0.25) is 14.2 Å². The number of para-hydroxylation sites is 1. The minimum absolute atomic E-state index is 0.00126. The Balaban J connectivity index is 1.28. The number of thioether (sulfide) groups is 1. The van der Waals surface area contributed by atoms with Gasteiger partial charge in [-0.2, -0.15) is 0 Å². The van der Waals surface area contributed by atoms with Crippen LogP contribution < -0.4 is 0 Å². The van der Waals surface area contributed by atoms with Crippen LogP contribution in [0.1, 0.15) is 22.8 Å². The Morgan fingerprint density at radius 2 is 1.78 bits per heavy atom. The summed E-state index contributed by atoms with van der Waals surface area (Å²) >= 11 is 1.35. The predicted molar refractivity (Wildman–Crippen MR) is 138 cm³/mol. The maximum Gasteiger partial charge on any atom is 0.254 e. The number of aryl methyl sites for hydroxylation is 1. The lowest BCUT2D eigenvalue weighted by molar-refractivity contribution is -0.130. The number of amides is 2. The summed E-state index contributed by atoms with van der Waals surface area (Å²) in [6.45, 7) is 5.52. The summed E-state index contributed by atoms with van der Waals surface area (Å²) in [5.41, 5.74) is 2.67. The predicted octanol–water partition coefficient (Wildman–Crippen LogP) is 4.30. The Labute approximate surface area is 213 Å². The molecule has 0 spiro atoms. The van der Waals surface area contributed by atoms with E-state index in [4.69, 9.17) is 4.42 Å². The highest BCUT2D eigenvalue weighted by molar-refractivity contribution is 7.99. The number of carbonyl (C=O) groups is 2. The molecule has 5 rings (SSSR count). The molecule has 3 heterocycles. The fourth-order valence-electron chi connectivity index (χ4n) is 4.41. The molecule has 1 fully saturated rings. The van der Waals surface area contributed by atoms with E-state index in [1.165, 1.54) is 11.8 Å². The van der Waals surface area contributed by atoms with Crippen LogP contribution in [0.5, 0.6) is 0 Å². The highest BCUT2D eigenvalue weighted by atomic mass is 32.2. The second-order valence-electron chi connectivity index (χ2n) is 8.75. The van der Waals surface area contributed by atoms with Crippen LogP contribution >= 0.6 is 11.8 Å². The molecule has 2 aromatic carbocycles. The molecular weight excluding hydrogens is 474 g/mol. The molecule has 2 amide bonds. The van der Waals surface area contributed by atoms with Gasteiger partial charge in [0.05, 0.1) is 17.7 Å². The fourth-order valence-corrected chi connectivity index (χ4v) is 5.26. The molecule has 1 saturated heterocycles. The van der Waals surface area contributed by atoms with Gasteiger partial charge in [-0.15, -0.1) is 10.2 Å². The molecule has 0 N–H and O–H groups in total. The van der Waals surface area contributed by atoms with E-state index in [0.717, 1.165) is 11.3 Å². The van der Waals surface area contributed by atoms with E-state index < -0.39 is 0 Å². The molecule has 184 valence electrons. The van der Waals surface area contributed by atoms with Crippen molar-refractivity contribution in [3.8, 4) is 17.3 Å². The third kappa shape index (κ3) is 4.79. The number of hydrogen-bond acceptors (Lipinski definition) is 6. The normalized spacial score (nSPS) is 15.8. The average molecular weight is 502 g/mol. The number of carbonyl (C=O) groups excluding carboxylic acids is 2. The van der Waals surface area contributed by atoms with E-state index in [9.17, 15) is 9.59 Å². The quantitative estimate of drug-likeness (QED) is 0.366. The SMILES string of the molecule is Cc1ccccc1-n1c(SCC(=O)N2CCN(C(=O)c3ccccc3)C(C)C2)nnc1-c1ccco1. The van der Waals surface area contributed by atoms with Crippen molar-refractivity contribution >= 4 is 23.6 Å². The molecule has 0 saturated carbocycles. The largest absolute Gasteiger partial charge is 0.461 e. The summed E-state index contributed by atoms with van der Waals surface area (Å²) in [6, 6.07) is 20.8. The van der Waals surface area contributed by atoms with Crippen molar-refractivity contribution in [2.24, 2.45) is 0 Å². The van der Waals surface area contributed by atoms with Gasteiger partial charge in [-0.25, -0.2) is 0 Å². The lowest BCUT2D eigenvalue weighted by atomic mass is 10.1. The summed E-state index contributed by atoms with van der Waals surface area (Å²) < 4.78 is 7.52. The minimum atomic E-state index is -0.0680. The minimum Gasteiger partial charge on any atom is -0.461 e. The van der Waals surface area contributed by atoms with Gasteiger partial charge < -0.3 is 14.2 Å². The molecule has 36 heavy (non-hydrogen) atoms. The van der Waals surface area contributed by atoms with E-state index in [0.29, 0.717) is 41.9 Å². The van der Waals surface area contributed by atoms with Gasteiger partial charge in [0.1, 0.15) is 0 Å². The van der Waals surface area contributed by atoms with Gasteiger partial charge in [0.15, 0.2) is 10.9 Å². The zero-order chi connectivity index (χ0) is 25.1. The maximum absolute atomic E-state index is 13.1. The molecule has 1 atom stereocenters. The molecule has 9 heteroatoms. The zero-order valence-electron chi connectivity index (χ0n) is 20.2. The standard InChI is InChI=1S/C27H27N5O3S/c1-19-9-6-7-12-22(19)32-25(23-13-8-16-35-23)28-29-27(32)36-18-24(33)30-14-15-31(20(2)17-30)26(34)21-10-4-3-5-11-21/h3-13,16,20H,14-15,17-18H2,1-2H3. The number of furan rings is 1. The highest BCUT2D eigenvalue weighted by Crippen LogP contribution is 2.30. The van der Waals surface area contributed by atoms with Crippen molar-refractivity contribution in [3.63, 3.8) is 0 Å². The summed E-state index contributed by atoms with van der Waals surface area (Å²) in [4.78, 5) is 29.7. The number of aromatic nitrogens is 3. The third-order valence-electron chi connectivity index (χ3n) is 6.32. The monoisotopic (exact) mass is 501 g/mol. The molecule has 0 aliphatic carbocycles. The van der Waals surface area contributed by atoms with Crippen molar-refractivity contribution in [1.29, 1.82) is 0 Å². The Morgan fingerprint density at radius 1 is 1.00 bits per heavy atom. The highest BCUT2D eigenvalue weighted by Gasteiger charge is 2.30. The van der Waals surface area contributed by atoms with Gasteiger partial charge in [0, 0.05) is 31.2 Å². The van der Waals surface area contributed by atoms with Crippen LogP contribution in [0.2, 0.25) is 0 Å². The molecule has 0 bridgehead atoms. The number of benzene rings is 2. The second-order valence-corrected chi connectivity index (χ2v) is 9.69. The fraction of sp³-hybridized carbons (Fsp3) is 0.259. The van der Waals surface area contributed by atoms with Gasteiger partial charge >= 0.3 is 0 Å². The van der Waals surface area contributed by atoms with Crippen LogP contribution in [-0.2, 0) is 4.79 Å². The van der Waals surface area contributed by atoms with Crippen LogP contribution in [0.15, 0.2) is 82.6 Å². The van der Waals surface area contributed by atoms with Crippen LogP contribution in [0.3, 0.4) is 0 Å². The van der Waals surface area contributed by atoms with Crippen LogP contribution in [0.4, 0.5) is 0 Å². The van der Waals surface area contributed by atoms with Crippen molar-refractivity contribution in [2.45, 2.75) is 25.0 Å². The first-order valence-corrected chi connectivity index (χ1v) is 12.8. The number of hydrogen-bond donors (Lipinski definition) is 0. The van der Waals surface area contributed by atoms with Crippen molar-refractivity contribution in [2.75, 3.05) is 25.4 Å². The van der Waals surface area contributed by atoms with Crippen LogP contribution in [0, 0.1) is 6.92 Å². The molecule has 1 unspecified atom stereocenters. The average Bonchev–Trinajstić information content (AvgIpc) is 3.58. The number of rotatable bonds is 6. The van der Waals surface area contributed by atoms with E-state index in [1.54, 1.807) is 6.26 Å². The summed E-state index contributed by atoms with van der Waals surface area (Å²) in [7, 11) is 0. The van der Waals surface area contributed by atoms with Gasteiger partial charge in [0.2, 0.25) is 11.7 Å². The van der Waals surface area contributed by atoms with Crippen LogP contribution in [-0.4, -0.2) is 67.8 Å². The number of nitrogens with zero attached hydrogens (tertiary/aromatic N) is 5. The zero-order valence-corrected chi connectivity index (χ0v) is 21.0. The Hall–Kier alpha value is -3.85. The summed E-state index contributed by atoms with van der Waals surface area (Å²) in [6.07, 6.45) is 1.60. The second kappa shape index (κ2) is 10.4. The Kier molecular flexibility index (Phi) is 6.90. The molecule has 4 aromatic rings. The van der Waals surface area contributed by atoms with Gasteiger partial charge in [0.25, 0.3) is 5.91 Å². The van der Waals surface area contributed by atoms with Gasteiger partial charge in [-0.1, -0.05) is 48.2 Å². The van der Waals surface area contributed by atoms with Crippen LogP contribution in [0.25, 0.3) is 17.3 Å². The molecular formula is C27H27N5O3S. The third-order valence-corrected chi connectivity index (χ3v) is 7.23. The van der Waals surface area contributed by atoms with E-state index >= 15 is 0 Å². The first-order chi connectivity index (χ1) is 17.5. The lowest BCUT2D eigenvalue weighted by Crippen LogP contribution is -2.55. The van der Waals surface area contributed by atoms with Crippen molar-refractivity contribution in [1.82, 2.24) is 24.6 Å². The molecule has 0 radical (unpaired) electrons. The molecule has 1 aliphatic heterocycles. The van der Waals surface area contributed by atoms with E-state index in [-0.39, 0.29) is 23.6 Å². The summed E-state index contributed by atoms with van der Waals surface area (Å²) in [5.74, 6) is 1.43. The summed E-state index contributed by atoms with van der Waals surface area (Å²) in [5, 5.41) is 9.37. The van der Waals surface area contributed by atoms with Gasteiger partial charge in [-0.05, 0) is 49.7 Å². The topological polar surface area (TPSA) is 84.5 Å². The van der Waals surface area contributed by atoms with Crippen molar-refractivity contribution < 1.29 is 14.0 Å². The number of piperazine rings is 1. The Morgan fingerprint density at radius 3 is 2.50 bits per heavy atom. The Bertz CT molecular complexity index is 1350. The van der Waals surface area contributed by atoms with E-state index in [2.05, 4.69) is 10.2 Å². The first-order valence-electron chi connectivity index (χ1n) is 11.8. The molecule has 8 nitrogen and oxygen atoms in total. The van der Waals surface area contributed by atoms with Crippen molar-refractivity contribution in [3.05, 3.63) is 84.1 Å². The molecule has 2 aromatic heterocycles. The lowest BCUT2D eigenvalue weighted by Gasteiger charge is -2.40. The molecule has 1 aliphatic rings. The maximum atomic E-state index is 13.1.